The van der Waals surface area contributed by atoms with Gasteiger partial charge in [0.25, 0.3) is 0 Å². The molecule has 0 radical (unpaired) electrons. The van der Waals surface area contributed by atoms with Crippen molar-refractivity contribution in [2.45, 2.75) is 13.8 Å². The molecule has 6 nitrogen and oxygen atoms in total. The van der Waals surface area contributed by atoms with E-state index in [9.17, 15) is 0 Å². The van der Waals surface area contributed by atoms with Crippen molar-refractivity contribution in [2.24, 2.45) is 0 Å². The molecule has 1 N–H and O–H groups in total. The minimum absolute atomic E-state index is 0.289. The van der Waals surface area contributed by atoms with Gasteiger partial charge in [-0.05, 0) is 60.7 Å². The van der Waals surface area contributed by atoms with Crippen LogP contribution in [0, 0.1) is 3.57 Å². The van der Waals surface area contributed by atoms with Gasteiger partial charge in [-0.1, -0.05) is 0 Å². The maximum absolute atomic E-state index is 5.72. The highest BCUT2D eigenvalue weighted by Gasteiger charge is 2.12. The van der Waals surface area contributed by atoms with Gasteiger partial charge in [-0.2, -0.15) is 15.0 Å². The Morgan fingerprint density at radius 1 is 1.10 bits per heavy atom. The van der Waals surface area contributed by atoms with Crippen molar-refractivity contribution >= 4 is 34.5 Å². The summed E-state index contributed by atoms with van der Waals surface area (Å²) in [6.45, 7) is 5.78. The van der Waals surface area contributed by atoms with E-state index in [0.717, 1.165) is 16.7 Å². The predicted molar refractivity (Wildman–Crippen MR) is 92.2 cm³/mol. The number of hydrogen-bond acceptors (Lipinski definition) is 6. The van der Waals surface area contributed by atoms with Crippen molar-refractivity contribution < 1.29 is 4.74 Å². The molecule has 0 aliphatic heterocycles. The van der Waals surface area contributed by atoms with Gasteiger partial charge in [0, 0.05) is 23.7 Å². The summed E-state index contributed by atoms with van der Waals surface area (Å²) in [6.07, 6.45) is 0. The lowest BCUT2D eigenvalue weighted by molar-refractivity contribution is 0.440. The van der Waals surface area contributed by atoms with E-state index in [1.165, 1.54) is 0 Å². The van der Waals surface area contributed by atoms with E-state index in [2.05, 4.69) is 56.7 Å². The van der Waals surface area contributed by atoms with Crippen molar-refractivity contribution in [1.82, 2.24) is 15.0 Å². The second-order valence-electron chi connectivity index (χ2n) is 4.22. The summed E-state index contributed by atoms with van der Waals surface area (Å²) in [5, 5.41) is 2.94. The highest BCUT2D eigenvalue weighted by atomic mass is 127. The molecule has 1 aromatic carbocycles. The standard InChI is InChI=1S/C14H18IN5O/c1-4-20(5-2)13-17-12(16-3)18-14(19-13)21-11-8-6-10(15)7-9-11/h6-9H,4-5H2,1-3H3,(H,16,17,18,19). The zero-order chi connectivity index (χ0) is 15.2. The first-order chi connectivity index (χ1) is 10.2. The van der Waals surface area contributed by atoms with Crippen molar-refractivity contribution in [3.05, 3.63) is 27.8 Å². The highest BCUT2D eigenvalue weighted by Crippen LogP contribution is 2.21. The first-order valence-corrected chi connectivity index (χ1v) is 7.86. The third kappa shape index (κ3) is 4.16. The molecular weight excluding hydrogens is 381 g/mol. The number of rotatable bonds is 6. The van der Waals surface area contributed by atoms with Crippen LogP contribution in [0.1, 0.15) is 13.8 Å². The second-order valence-corrected chi connectivity index (χ2v) is 5.47. The van der Waals surface area contributed by atoms with E-state index >= 15 is 0 Å². The van der Waals surface area contributed by atoms with Crippen LogP contribution in [0.2, 0.25) is 0 Å². The molecule has 0 bridgehead atoms. The van der Waals surface area contributed by atoms with E-state index in [4.69, 9.17) is 4.74 Å². The molecule has 112 valence electrons. The first kappa shape index (κ1) is 15.7. The molecule has 0 saturated carbocycles. The highest BCUT2D eigenvalue weighted by molar-refractivity contribution is 14.1. The summed E-state index contributed by atoms with van der Waals surface area (Å²) in [5.41, 5.74) is 0. The molecular formula is C14H18IN5O. The number of nitrogens with zero attached hydrogens (tertiary/aromatic N) is 4. The first-order valence-electron chi connectivity index (χ1n) is 6.78. The molecule has 2 rings (SSSR count). The van der Waals surface area contributed by atoms with Crippen LogP contribution in [0.25, 0.3) is 0 Å². The molecule has 0 aliphatic carbocycles. The number of halogens is 1. The van der Waals surface area contributed by atoms with Crippen molar-refractivity contribution in [1.29, 1.82) is 0 Å². The minimum atomic E-state index is 0.289. The molecule has 1 heterocycles. The van der Waals surface area contributed by atoms with Crippen LogP contribution < -0.4 is 15.0 Å². The van der Waals surface area contributed by atoms with Gasteiger partial charge in [0.15, 0.2) is 0 Å². The normalized spacial score (nSPS) is 10.3. The Morgan fingerprint density at radius 2 is 1.76 bits per heavy atom. The van der Waals surface area contributed by atoms with Gasteiger partial charge in [-0.15, -0.1) is 0 Å². The molecule has 21 heavy (non-hydrogen) atoms. The number of ether oxygens (including phenoxy) is 1. The maximum atomic E-state index is 5.72. The molecule has 0 fully saturated rings. The van der Waals surface area contributed by atoms with Gasteiger partial charge in [0.1, 0.15) is 5.75 Å². The van der Waals surface area contributed by atoms with Crippen LogP contribution in [0.15, 0.2) is 24.3 Å². The number of nitrogens with one attached hydrogen (secondary N) is 1. The molecule has 0 aliphatic rings. The number of anilines is 2. The Hall–Kier alpha value is -1.64. The van der Waals surface area contributed by atoms with Crippen molar-refractivity contribution in [3.63, 3.8) is 0 Å². The maximum Gasteiger partial charge on any atom is 0.328 e. The van der Waals surface area contributed by atoms with Crippen molar-refractivity contribution in [2.75, 3.05) is 30.4 Å². The SMILES string of the molecule is CCN(CC)c1nc(NC)nc(Oc2ccc(I)cc2)n1. The Morgan fingerprint density at radius 3 is 2.33 bits per heavy atom. The average molecular weight is 399 g/mol. The zero-order valence-electron chi connectivity index (χ0n) is 12.3. The van der Waals surface area contributed by atoms with E-state index in [0.29, 0.717) is 17.6 Å². The van der Waals surface area contributed by atoms with Gasteiger partial charge in [0.2, 0.25) is 11.9 Å². The van der Waals surface area contributed by atoms with Gasteiger partial charge in [-0.3, -0.25) is 0 Å². The zero-order valence-corrected chi connectivity index (χ0v) is 14.5. The lowest BCUT2D eigenvalue weighted by Crippen LogP contribution is -2.25. The second kappa shape index (κ2) is 7.39. The molecule has 1 aromatic heterocycles. The molecule has 7 heteroatoms. The quantitative estimate of drug-likeness (QED) is 0.754. The Labute approximate surface area is 138 Å². The van der Waals surface area contributed by atoms with Crippen LogP contribution in [-0.4, -0.2) is 35.1 Å². The summed E-state index contributed by atoms with van der Waals surface area (Å²) in [4.78, 5) is 15.0. The van der Waals surface area contributed by atoms with E-state index in [1.54, 1.807) is 7.05 Å². The van der Waals surface area contributed by atoms with E-state index < -0.39 is 0 Å². The lowest BCUT2D eigenvalue weighted by Gasteiger charge is -2.19. The summed E-state index contributed by atoms with van der Waals surface area (Å²) in [5.74, 6) is 1.81. The Balaban J connectivity index is 2.29. The Kier molecular flexibility index (Phi) is 5.54. The van der Waals surface area contributed by atoms with Gasteiger partial charge in [-0.25, -0.2) is 0 Å². The molecule has 0 atom stereocenters. The minimum Gasteiger partial charge on any atom is -0.424 e. The largest absolute Gasteiger partial charge is 0.424 e. The fourth-order valence-corrected chi connectivity index (χ4v) is 2.12. The predicted octanol–water partition coefficient (Wildman–Crippen LogP) is 3.16. The average Bonchev–Trinajstić information content (AvgIpc) is 2.50. The van der Waals surface area contributed by atoms with Crippen LogP contribution in [-0.2, 0) is 0 Å². The van der Waals surface area contributed by atoms with E-state index in [1.807, 2.05) is 29.2 Å². The van der Waals surface area contributed by atoms with Crippen molar-refractivity contribution in [3.8, 4) is 11.8 Å². The number of aromatic nitrogens is 3. The van der Waals surface area contributed by atoms with Crippen LogP contribution >= 0.6 is 22.6 Å². The van der Waals surface area contributed by atoms with Crippen LogP contribution in [0.3, 0.4) is 0 Å². The lowest BCUT2D eigenvalue weighted by atomic mass is 10.3. The van der Waals surface area contributed by atoms with Crippen LogP contribution in [0.5, 0.6) is 11.8 Å². The van der Waals surface area contributed by atoms with Gasteiger partial charge >= 0.3 is 6.01 Å². The third-order valence-corrected chi connectivity index (χ3v) is 3.61. The third-order valence-electron chi connectivity index (χ3n) is 2.90. The molecule has 0 amide bonds. The number of benzene rings is 1. The summed E-state index contributed by atoms with van der Waals surface area (Å²) in [7, 11) is 1.77. The molecule has 0 unspecified atom stereocenters. The van der Waals surface area contributed by atoms with Gasteiger partial charge < -0.3 is 15.0 Å². The molecule has 0 spiro atoms. The monoisotopic (exact) mass is 399 g/mol. The summed E-state index contributed by atoms with van der Waals surface area (Å²) >= 11 is 2.25. The molecule has 0 saturated heterocycles. The molecule has 2 aromatic rings. The summed E-state index contributed by atoms with van der Waals surface area (Å²) < 4.78 is 6.87. The topological polar surface area (TPSA) is 63.2 Å². The van der Waals surface area contributed by atoms with Gasteiger partial charge in [0.05, 0.1) is 0 Å². The fourth-order valence-electron chi connectivity index (χ4n) is 1.76. The smallest absolute Gasteiger partial charge is 0.328 e. The van der Waals surface area contributed by atoms with E-state index in [-0.39, 0.29) is 6.01 Å². The Bertz CT molecular complexity index is 586. The summed E-state index contributed by atoms with van der Waals surface area (Å²) in [6, 6.07) is 8.02. The fraction of sp³-hybridized carbons (Fsp3) is 0.357. The number of hydrogen-bond donors (Lipinski definition) is 1. The van der Waals surface area contributed by atoms with Crippen LogP contribution in [0.4, 0.5) is 11.9 Å².